The van der Waals surface area contributed by atoms with Gasteiger partial charge in [-0.1, -0.05) is 19.9 Å². The van der Waals surface area contributed by atoms with E-state index in [2.05, 4.69) is 0 Å². The Bertz CT molecular complexity index is 338. The van der Waals surface area contributed by atoms with Crippen molar-refractivity contribution in [3.8, 4) is 0 Å². The Morgan fingerprint density at radius 1 is 1.38 bits per heavy atom. The van der Waals surface area contributed by atoms with Crippen molar-refractivity contribution in [2.24, 2.45) is 0 Å². The van der Waals surface area contributed by atoms with Crippen molar-refractivity contribution in [3.63, 3.8) is 0 Å². The van der Waals surface area contributed by atoms with Crippen LogP contribution in [0.25, 0.3) is 0 Å². The first kappa shape index (κ1) is 10.7. The summed E-state index contributed by atoms with van der Waals surface area (Å²) >= 11 is 1.26. The van der Waals surface area contributed by atoms with E-state index in [0.29, 0.717) is 17.3 Å². The van der Waals surface area contributed by atoms with Gasteiger partial charge in [0.1, 0.15) is 4.21 Å². The number of hydrogen-bond acceptors (Lipinski definition) is 3. The molecule has 5 heteroatoms. The van der Waals surface area contributed by atoms with Gasteiger partial charge in [0, 0.05) is 13.1 Å². The van der Waals surface area contributed by atoms with E-state index in [-0.39, 0.29) is 0 Å². The molecule has 0 fully saturated rings. The predicted molar refractivity (Wildman–Crippen MR) is 54.4 cm³/mol. The molecule has 3 nitrogen and oxygen atoms in total. The van der Waals surface area contributed by atoms with E-state index in [0.717, 1.165) is 0 Å². The molecule has 0 bridgehead atoms. The molecule has 0 N–H and O–H groups in total. The topological polar surface area (TPSA) is 37.4 Å². The zero-order valence-corrected chi connectivity index (χ0v) is 9.36. The fourth-order valence-electron chi connectivity index (χ4n) is 1.10. The van der Waals surface area contributed by atoms with E-state index in [4.69, 9.17) is 0 Å². The highest BCUT2D eigenvalue weighted by atomic mass is 32.2. The Labute approximate surface area is 83.1 Å². The minimum atomic E-state index is -3.21. The molecule has 1 rings (SSSR count). The van der Waals surface area contributed by atoms with Gasteiger partial charge in [-0.25, -0.2) is 8.42 Å². The SMILES string of the molecule is CCN(CC)S(=O)(=O)c1cccs1. The smallest absolute Gasteiger partial charge is 0.206 e. The summed E-state index contributed by atoms with van der Waals surface area (Å²) < 4.78 is 25.5. The van der Waals surface area contributed by atoms with E-state index in [9.17, 15) is 8.42 Å². The molecule has 0 atom stereocenters. The Kier molecular flexibility index (Phi) is 3.47. The third kappa shape index (κ3) is 2.10. The lowest BCUT2D eigenvalue weighted by molar-refractivity contribution is 0.447. The largest absolute Gasteiger partial charge is 0.252 e. The Morgan fingerprint density at radius 3 is 2.38 bits per heavy atom. The van der Waals surface area contributed by atoms with Gasteiger partial charge in [0.2, 0.25) is 0 Å². The van der Waals surface area contributed by atoms with Crippen LogP contribution in [0, 0.1) is 0 Å². The van der Waals surface area contributed by atoms with Crippen molar-refractivity contribution in [1.82, 2.24) is 4.31 Å². The maximum absolute atomic E-state index is 11.8. The first-order valence-corrected chi connectivity index (χ1v) is 6.48. The lowest BCUT2D eigenvalue weighted by atomic mass is 10.7. The van der Waals surface area contributed by atoms with Crippen molar-refractivity contribution in [2.45, 2.75) is 18.1 Å². The number of hydrogen-bond donors (Lipinski definition) is 0. The highest BCUT2D eigenvalue weighted by molar-refractivity contribution is 7.91. The zero-order chi connectivity index (χ0) is 9.90. The van der Waals surface area contributed by atoms with Gasteiger partial charge in [-0.15, -0.1) is 11.3 Å². The van der Waals surface area contributed by atoms with Gasteiger partial charge in [-0.05, 0) is 11.4 Å². The molecule has 1 heterocycles. The summed E-state index contributed by atoms with van der Waals surface area (Å²) in [5, 5.41) is 1.77. The predicted octanol–water partition coefficient (Wildman–Crippen LogP) is 1.78. The zero-order valence-electron chi connectivity index (χ0n) is 7.73. The van der Waals surface area contributed by atoms with Crippen LogP contribution in [0.2, 0.25) is 0 Å². The summed E-state index contributed by atoms with van der Waals surface area (Å²) in [5.41, 5.74) is 0. The van der Waals surface area contributed by atoms with Crippen LogP contribution in [0.5, 0.6) is 0 Å². The molecular weight excluding hydrogens is 206 g/mol. The van der Waals surface area contributed by atoms with Crippen LogP contribution in [0.1, 0.15) is 13.8 Å². The van der Waals surface area contributed by atoms with E-state index in [1.165, 1.54) is 15.6 Å². The van der Waals surface area contributed by atoms with Crippen molar-refractivity contribution in [2.75, 3.05) is 13.1 Å². The molecule has 1 aromatic rings. The summed E-state index contributed by atoms with van der Waals surface area (Å²) in [5.74, 6) is 0. The summed E-state index contributed by atoms with van der Waals surface area (Å²) in [7, 11) is -3.21. The lowest BCUT2D eigenvalue weighted by Gasteiger charge is -2.16. The van der Waals surface area contributed by atoms with E-state index >= 15 is 0 Å². The molecule has 13 heavy (non-hydrogen) atoms. The number of nitrogens with zero attached hydrogens (tertiary/aromatic N) is 1. The molecule has 0 amide bonds. The molecule has 0 aliphatic carbocycles. The van der Waals surface area contributed by atoms with E-state index < -0.39 is 10.0 Å². The standard InChI is InChI=1S/C8H13NO2S2/c1-3-9(4-2)13(10,11)8-6-5-7-12-8/h5-7H,3-4H2,1-2H3. The Balaban J connectivity index is 3.02. The molecule has 0 aliphatic rings. The maximum atomic E-state index is 11.8. The minimum absolute atomic E-state index is 0.427. The quantitative estimate of drug-likeness (QED) is 0.774. The third-order valence-corrected chi connectivity index (χ3v) is 5.22. The molecule has 0 unspecified atom stereocenters. The van der Waals surface area contributed by atoms with Crippen molar-refractivity contribution in [1.29, 1.82) is 0 Å². The lowest BCUT2D eigenvalue weighted by Crippen LogP contribution is -2.29. The Hall–Kier alpha value is -0.390. The average molecular weight is 219 g/mol. The highest BCUT2D eigenvalue weighted by Crippen LogP contribution is 2.20. The van der Waals surface area contributed by atoms with Crippen LogP contribution in [0.15, 0.2) is 21.7 Å². The first-order chi connectivity index (χ1) is 6.12. The molecule has 0 saturated carbocycles. The van der Waals surface area contributed by atoms with Crippen molar-refractivity contribution < 1.29 is 8.42 Å². The molecular formula is C8H13NO2S2. The molecule has 0 radical (unpaired) electrons. The third-order valence-electron chi connectivity index (χ3n) is 1.79. The summed E-state index contributed by atoms with van der Waals surface area (Å²) in [6.45, 7) is 4.73. The molecule has 0 aliphatic heterocycles. The van der Waals surface area contributed by atoms with Gasteiger partial charge >= 0.3 is 0 Å². The first-order valence-electron chi connectivity index (χ1n) is 4.16. The molecule has 0 spiro atoms. The average Bonchev–Trinajstić information content (AvgIpc) is 2.58. The van der Waals surface area contributed by atoms with Gasteiger partial charge in [-0.3, -0.25) is 0 Å². The van der Waals surface area contributed by atoms with Gasteiger partial charge in [-0.2, -0.15) is 4.31 Å². The number of rotatable bonds is 4. The van der Waals surface area contributed by atoms with Crippen LogP contribution in [0.3, 0.4) is 0 Å². The monoisotopic (exact) mass is 219 g/mol. The van der Waals surface area contributed by atoms with Gasteiger partial charge < -0.3 is 0 Å². The summed E-state index contributed by atoms with van der Waals surface area (Å²) in [4.78, 5) is 0. The Morgan fingerprint density at radius 2 is 2.00 bits per heavy atom. The van der Waals surface area contributed by atoms with Gasteiger partial charge in [0.25, 0.3) is 10.0 Å². The minimum Gasteiger partial charge on any atom is -0.206 e. The van der Waals surface area contributed by atoms with E-state index in [1.54, 1.807) is 17.5 Å². The normalized spacial score (nSPS) is 12.2. The molecule has 0 aromatic carbocycles. The second-order valence-electron chi connectivity index (χ2n) is 2.52. The molecule has 1 aromatic heterocycles. The van der Waals surface area contributed by atoms with Crippen molar-refractivity contribution >= 4 is 21.4 Å². The fraction of sp³-hybridized carbons (Fsp3) is 0.500. The van der Waals surface area contributed by atoms with Crippen LogP contribution in [-0.4, -0.2) is 25.8 Å². The molecule has 74 valence electrons. The van der Waals surface area contributed by atoms with Gasteiger partial charge in [0.15, 0.2) is 0 Å². The highest BCUT2D eigenvalue weighted by Gasteiger charge is 2.21. The second-order valence-corrected chi connectivity index (χ2v) is 5.63. The number of sulfonamides is 1. The second kappa shape index (κ2) is 4.21. The fourth-order valence-corrected chi connectivity index (χ4v) is 3.70. The van der Waals surface area contributed by atoms with Crippen LogP contribution >= 0.6 is 11.3 Å². The maximum Gasteiger partial charge on any atom is 0.252 e. The van der Waals surface area contributed by atoms with Crippen LogP contribution in [0.4, 0.5) is 0 Å². The summed E-state index contributed by atoms with van der Waals surface area (Å²) in [6.07, 6.45) is 0. The van der Waals surface area contributed by atoms with Gasteiger partial charge in [0.05, 0.1) is 0 Å². The number of thiophene rings is 1. The van der Waals surface area contributed by atoms with E-state index in [1.807, 2.05) is 13.8 Å². The van der Waals surface area contributed by atoms with Crippen molar-refractivity contribution in [3.05, 3.63) is 17.5 Å². The summed E-state index contributed by atoms with van der Waals surface area (Å²) in [6, 6.07) is 3.39. The van der Waals surface area contributed by atoms with Crippen LogP contribution in [-0.2, 0) is 10.0 Å². The van der Waals surface area contributed by atoms with Crippen LogP contribution < -0.4 is 0 Å². The molecule has 0 saturated heterocycles.